The molecule has 0 N–H and O–H groups in total. The molecule has 0 aliphatic carbocycles. The van der Waals surface area contributed by atoms with Crippen LogP contribution in [-0.4, -0.2) is 49.6 Å². The molecule has 2 heteroatoms. The summed E-state index contributed by atoms with van der Waals surface area (Å²) in [7, 11) is 4.43. The van der Waals surface area contributed by atoms with Crippen LogP contribution in [0.5, 0.6) is 0 Å². The zero-order valence-electron chi connectivity index (χ0n) is 10.7. The largest absolute Gasteiger partial charge is 0.306 e. The Balaban J connectivity index is 3.34. The van der Waals surface area contributed by atoms with Gasteiger partial charge in [0.2, 0.25) is 0 Å². The summed E-state index contributed by atoms with van der Waals surface area (Å²) >= 11 is 0. The normalized spacial score (nSPS) is 12.0. The summed E-state index contributed by atoms with van der Waals surface area (Å²) in [4.78, 5) is 4.85. The first kappa shape index (κ1) is 13.9. The predicted molar refractivity (Wildman–Crippen MR) is 64.8 cm³/mol. The van der Waals surface area contributed by atoms with E-state index < -0.39 is 0 Å². The van der Waals surface area contributed by atoms with Gasteiger partial charge in [-0.25, -0.2) is 0 Å². The number of hydrogen-bond acceptors (Lipinski definition) is 2. The quantitative estimate of drug-likeness (QED) is 0.594. The fourth-order valence-corrected chi connectivity index (χ4v) is 1.39. The summed E-state index contributed by atoms with van der Waals surface area (Å²) in [5.41, 5.74) is 0. The van der Waals surface area contributed by atoms with E-state index in [4.69, 9.17) is 0 Å². The van der Waals surface area contributed by atoms with Crippen LogP contribution in [0.25, 0.3) is 0 Å². The van der Waals surface area contributed by atoms with Gasteiger partial charge in [0, 0.05) is 6.04 Å². The zero-order valence-corrected chi connectivity index (χ0v) is 10.7. The van der Waals surface area contributed by atoms with Gasteiger partial charge >= 0.3 is 0 Å². The van der Waals surface area contributed by atoms with Crippen molar-refractivity contribution in [3.05, 3.63) is 0 Å². The smallest absolute Gasteiger partial charge is 0.00355 e. The van der Waals surface area contributed by atoms with Crippen molar-refractivity contribution < 1.29 is 0 Å². The summed E-state index contributed by atoms with van der Waals surface area (Å²) in [6, 6.07) is 0.677. The van der Waals surface area contributed by atoms with Gasteiger partial charge in [0.05, 0.1) is 0 Å². The predicted octanol–water partition coefficient (Wildman–Crippen LogP) is 2.45. The Kier molecular flexibility index (Phi) is 8.20. The van der Waals surface area contributed by atoms with Crippen molar-refractivity contribution in [1.29, 1.82) is 0 Å². The molecule has 14 heavy (non-hydrogen) atoms. The van der Waals surface area contributed by atoms with E-state index in [0.717, 1.165) is 0 Å². The molecule has 2 nitrogen and oxygen atoms in total. The molecular weight excluding hydrogens is 172 g/mol. The van der Waals surface area contributed by atoms with Crippen molar-refractivity contribution in [3.63, 3.8) is 0 Å². The third-order valence-corrected chi connectivity index (χ3v) is 2.83. The first-order valence-corrected chi connectivity index (χ1v) is 5.96. The van der Waals surface area contributed by atoms with Gasteiger partial charge in [0.15, 0.2) is 0 Å². The molecule has 0 spiro atoms. The Morgan fingerprint density at radius 2 is 1.50 bits per heavy atom. The minimum Gasteiger partial charge on any atom is -0.306 e. The lowest BCUT2D eigenvalue weighted by atomic mass is 10.3. The van der Waals surface area contributed by atoms with Crippen molar-refractivity contribution in [2.24, 2.45) is 0 Å². The average molecular weight is 200 g/mol. The molecule has 0 fully saturated rings. The van der Waals surface area contributed by atoms with Crippen LogP contribution in [0.2, 0.25) is 0 Å². The monoisotopic (exact) mass is 200 g/mol. The summed E-state index contributed by atoms with van der Waals surface area (Å²) in [5.74, 6) is 0. The first-order valence-electron chi connectivity index (χ1n) is 5.96. The van der Waals surface area contributed by atoms with Gasteiger partial charge < -0.3 is 9.80 Å². The van der Waals surface area contributed by atoms with Crippen molar-refractivity contribution in [2.45, 2.75) is 46.1 Å². The topological polar surface area (TPSA) is 6.48 Å². The highest BCUT2D eigenvalue weighted by Crippen LogP contribution is 1.97. The Labute approximate surface area is 90.3 Å². The van der Waals surface area contributed by atoms with Crippen LogP contribution in [0.4, 0.5) is 0 Å². The van der Waals surface area contributed by atoms with E-state index in [9.17, 15) is 0 Å². The van der Waals surface area contributed by atoms with E-state index in [1.165, 1.54) is 38.9 Å². The maximum atomic E-state index is 2.44. The van der Waals surface area contributed by atoms with E-state index in [1.807, 2.05) is 0 Å². The molecule has 0 amide bonds. The van der Waals surface area contributed by atoms with Crippen molar-refractivity contribution in [2.75, 3.05) is 33.7 Å². The molecule has 0 radical (unpaired) electrons. The van der Waals surface area contributed by atoms with Gasteiger partial charge in [-0.3, -0.25) is 0 Å². The van der Waals surface area contributed by atoms with E-state index in [1.54, 1.807) is 0 Å². The minimum atomic E-state index is 0.677. The lowest BCUT2D eigenvalue weighted by Gasteiger charge is -2.22. The molecule has 0 aromatic heterocycles. The maximum Gasteiger partial charge on any atom is 0.00355 e. The molecule has 0 atom stereocenters. The van der Waals surface area contributed by atoms with Crippen molar-refractivity contribution in [1.82, 2.24) is 9.80 Å². The van der Waals surface area contributed by atoms with Gasteiger partial charge in [0.25, 0.3) is 0 Å². The minimum absolute atomic E-state index is 0.677. The SMILES string of the molecule is CCCCN(C)CCCN(C)C(C)C. The lowest BCUT2D eigenvalue weighted by molar-refractivity contribution is 0.243. The fourth-order valence-electron chi connectivity index (χ4n) is 1.39. The summed E-state index contributed by atoms with van der Waals surface area (Å²) in [5, 5.41) is 0. The van der Waals surface area contributed by atoms with Gasteiger partial charge in [0.1, 0.15) is 0 Å². The van der Waals surface area contributed by atoms with Crippen molar-refractivity contribution >= 4 is 0 Å². The molecule has 0 aromatic rings. The molecule has 0 rings (SSSR count). The van der Waals surface area contributed by atoms with Crippen molar-refractivity contribution in [3.8, 4) is 0 Å². The molecule has 0 aliphatic heterocycles. The van der Waals surface area contributed by atoms with Crippen LogP contribution in [-0.2, 0) is 0 Å². The first-order chi connectivity index (χ1) is 6.57. The Hall–Kier alpha value is -0.0800. The maximum absolute atomic E-state index is 2.44. The average Bonchev–Trinajstić information content (AvgIpc) is 2.14. The van der Waals surface area contributed by atoms with Crippen LogP contribution in [0.3, 0.4) is 0 Å². The van der Waals surface area contributed by atoms with Crippen LogP contribution < -0.4 is 0 Å². The summed E-state index contributed by atoms with van der Waals surface area (Å²) < 4.78 is 0. The lowest BCUT2D eigenvalue weighted by Crippen LogP contribution is -2.30. The highest BCUT2D eigenvalue weighted by Gasteiger charge is 2.03. The van der Waals surface area contributed by atoms with Crippen LogP contribution in [0.15, 0.2) is 0 Å². The van der Waals surface area contributed by atoms with Crippen LogP contribution >= 0.6 is 0 Å². The Morgan fingerprint density at radius 1 is 0.929 bits per heavy atom. The number of hydrogen-bond donors (Lipinski definition) is 0. The second-order valence-electron chi connectivity index (χ2n) is 4.58. The molecule has 0 aromatic carbocycles. The van der Waals surface area contributed by atoms with Gasteiger partial charge in [-0.2, -0.15) is 0 Å². The highest BCUT2D eigenvalue weighted by atomic mass is 15.1. The van der Waals surface area contributed by atoms with E-state index >= 15 is 0 Å². The molecule has 0 aliphatic rings. The highest BCUT2D eigenvalue weighted by molar-refractivity contribution is 4.59. The standard InChI is InChI=1S/C12H28N2/c1-6-7-9-13(4)10-8-11-14(5)12(2)3/h12H,6-11H2,1-5H3. The molecule has 0 unspecified atom stereocenters. The zero-order chi connectivity index (χ0) is 11.0. The fraction of sp³-hybridized carbons (Fsp3) is 1.00. The van der Waals surface area contributed by atoms with Gasteiger partial charge in [-0.1, -0.05) is 13.3 Å². The molecule has 0 saturated carbocycles. The third-order valence-electron chi connectivity index (χ3n) is 2.83. The number of nitrogens with zero attached hydrogens (tertiary/aromatic N) is 2. The van der Waals surface area contributed by atoms with Gasteiger partial charge in [-0.05, 0) is 60.4 Å². The molecule has 86 valence electrons. The number of unbranched alkanes of at least 4 members (excludes halogenated alkanes) is 1. The second kappa shape index (κ2) is 8.25. The molecular formula is C12H28N2. The van der Waals surface area contributed by atoms with E-state index in [-0.39, 0.29) is 0 Å². The molecule has 0 heterocycles. The van der Waals surface area contributed by atoms with Crippen LogP contribution in [0.1, 0.15) is 40.0 Å². The number of rotatable bonds is 8. The Bertz CT molecular complexity index is 123. The van der Waals surface area contributed by atoms with E-state index in [0.29, 0.717) is 6.04 Å². The third kappa shape index (κ3) is 7.34. The Morgan fingerprint density at radius 3 is 2.00 bits per heavy atom. The summed E-state index contributed by atoms with van der Waals surface area (Å²) in [6.07, 6.45) is 3.92. The molecule has 0 bridgehead atoms. The summed E-state index contributed by atoms with van der Waals surface area (Å²) in [6.45, 7) is 10.5. The van der Waals surface area contributed by atoms with E-state index in [2.05, 4.69) is 44.7 Å². The van der Waals surface area contributed by atoms with Crippen LogP contribution in [0, 0.1) is 0 Å². The second-order valence-corrected chi connectivity index (χ2v) is 4.58. The van der Waals surface area contributed by atoms with Gasteiger partial charge in [-0.15, -0.1) is 0 Å². The molecule has 0 saturated heterocycles.